The maximum Gasteiger partial charge on any atom is 0.359 e. The van der Waals surface area contributed by atoms with Gasteiger partial charge in [0.2, 0.25) is 0 Å². The van der Waals surface area contributed by atoms with E-state index in [1.54, 1.807) is 49.5 Å². The number of thioether (sulfide) groups is 2. The molecular formula is C19H28NO6PS2. The fourth-order valence-electron chi connectivity index (χ4n) is 3.14. The SMILES string of the molecule is CCO[C@@H]1C[C@H](c2ccc([N+](=O)[O-])cc2)C(P(=O)(OCC)OCC)=C(SCC)S1. The van der Waals surface area contributed by atoms with Crippen LogP contribution in [0, 0.1) is 10.1 Å². The molecule has 0 aliphatic carbocycles. The van der Waals surface area contributed by atoms with E-state index in [1.807, 2.05) is 13.8 Å². The number of hydrogen-bond donors (Lipinski definition) is 0. The summed E-state index contributed by atoms with van der Waals surface area (Å²) in [6, 6.07) is 6.39. The predicted molar refractivity (Wildman–Crippen MR) is 119 cm³/mol. The van der Waals surface area contributed by atoms with Crippen LogP contribution in [0.5, 0.6) is 0 Å². The highest BCUT2D eigenvalue weighted by Crippen LogP contribution is 2.67. The zero-order chi connectivity index (χ0) is 21.4. The third kappa shape index (κ3) is 6.09. The van der Waals surface area contributed by atoms with Crippen LogP contribution < -0.4 is 0 Å². The summed E-state index contributed by atoms with van der Waals surface area (Å²) in [5.74, 6) is 0.530. The Balaban J connectivity index is 2.61. The minimum atomic E-state index is -3.53. The van der Waals surface area contributed by atoms with Crippen LogP contribution in [0.25, 0.3) is 0 Å². The molecule has 1 aromatic carbocycles. The summed E-state index contributed by atoms with van der Waals surface area (Å²) in [7, 11) is -3.53. The molecule has 0 spiro atoms. The lowest BCUT2D eigenvalue weighted by atomic mass is 9.95. The summed E-state index contributed by atoms with van der Waals surface area (Å²) >= 11 is 3.15. The third-order valence-electron chi connectivity index (χ3n) is 4.23. The maximum absolute atomic E-state index is 13.8. The van der Waals surface area contributed by atoms with Crippen molar-refractivity contribution in [3.8, 4) is 0 Å². The third-order valence-corrected chi connectivity index (χ3v) is 9.30. The number of hydrogen-bond acceptors (Lipinski definition) is 8. The van der Waals surface area contributed by atoms with Gasteiger partial charge in [0.15, 0.2) is 0 Å². The molecule has 162 valence electrons. The molecule has 1 aliphatic rings. The van der Waals surface area contributed by atoms with Crippen molar-refractivity contribution in [3.05, 3.63) is 49.5 Å². The lowest BCUT2D eigenvalue weighted by Crippen LogP contribution is -2.21. The van der Waals surface area contributed by atoms with Crippen LogP contribution in [0.3, 0.4) is 0 Å². The molecule has 7 nitrogen and oxygen atoms in total. The van der Waals surface area contributed by atoms with Crippen LogP contribution in [0.4, 0.5) is 5.69 Å². The number of nitro benzene ring substituents is 1. The first-order valence-electron chi connectivity index (χ1n) is 9.69. The Labute approximate surface area is 180 Å². The molecule has 2 atom stereocenters. The molecule has 2 rings (SSSR count). The molecule has 0 saturated heterocycles. The first-order valence-corrected chi connectivity index (χ1v) is 13.1. The van der Waals surface area contributed by atoms with Gasteiger partial charge in [-0.15, -0.1) is 11.8 Å². The molecule has 1 heterocycles. The summed E-state index contributed by atoms with van der Waals surface area (Å²) in [5.41, 5.74) is 0.755. The van der Waals surface area contributed by atoms with E-state index in [9.17, 15) is 14.7 Å². The Morgan fingerprint density at radius 3 is 2.24 bits per heavy atom. The number of nitro groups is 1. The van der Waals surface area contributed by atoms with Crippen molar-refractivity contribution in [1.29, 1.82) is 0 Å². The molecule has 0 N–H and O–H groups in total. The molecule has 0 radical (unpaired) electrons. The zero-order valence-corrected chi connectivity index (χ0v) is 19.7. The molecule has 0 fully saturated rings. The van der Waals surface area contributed by atoms with Crippen LogP contribution in [0.2, 0.25) is 0 Å². The Morgan fingerprint density at radius 2 is 1.76 bits per heavy atom. The van der Waals surface area contributed by atoms with Gasteiger partial charge in [0.05, 0.1) is 27.7 Å². The van der Waals surface area contributed by atoms with Crippen molar-refractivity contribution < 1.29 is 23.3 Å². The summed E-state index contributed by atoms with van der Waals surface area (Å²) in [6.45, 7) is 8.65. The second kappa shape index (κ2) is 11.5. The fraction of sp³-hybridized carbons (Fsp3) is 0.579. The van der Waals surface area contributed by atoms with E-state index in [-0.39, 0.29) is 30.3 Å². The average molecular weight is 462 g/mol. The molecule has 1 aliphatic heterocycles. The molecule has 0 bridgehead atoms. The quantitative estimate of drug-likeness (QED) is 0.213. The number of rotatable bonds is 11. The summed E-state index contributed by atoms with van der Waals surface area (Å²) in [5, 5.41) is 11.7. The second-order valence-corrected chi connectivity index (χ2v) is 10.8. The number of nitrogens with zero attached hydrogens (tertiary/aromatic N) is 1. The fourth-order valence-corrected chi connectivity index (χ4v) is 8.55. The van der Waals surface area contributed by atoms with Crippen molar-refractivity contribution >= 4 is 36.8 Å². The Hall–Kier alpha value is -0.830. The number of ether oxygens (including phenoxy) is 1. The largest absolute Gasteiger partial charge is 0.367 e. The lowest BCUT2D eigenvalue weighted by molar-refractivity contribution is -0.384. The van der Waals surface area contributed by atoms with Crippen molar-refractivity contribution in [2.24, 2.45) is 0 Å². The smallest absolute Gasteiger partial charge is 0.359 e. The highest BCUT2D eigenvalue weighted by molar-refractivity contribution is 8.22. The van der Waals surface area contributed by atoms with Crippen LogP contribution in [-0.2, 0) is 18.3 Å². The van der Waals surface area contributed by atoms with Crippen molar-refractivity contribution in [1.82, 2.24) is 0 Å². The summed E-state index contributed by atoms with van der Waals surface area (Å²) < 4.78 is 32.0. The normalized spacial score (nSPS) is 20.1. The van der Waals surface area contributed by atoms with E-state index in [0.717, 1.165) is 15.6 Å². The summed E-state index contributed by atoms with van der Waals surface area (Å²) in [4.78, 5) is 10.6. The number of benzene rings is 1. The Morgan fingerprint density at radius 1 is 1.14 bits per heavy atom. The molecule has 0 unspecified atom stereocenters. The van der Waals surface area contributed by atoms with E-state index < -0.39 is 12.5 Å². The van der Waals surface area contributed by atoms with Gasteiger partial charge in [0.1, 0.15) is 5.44 Å². The van der Waals surface area contributed by atoms with E-state index in [0.29, 0.717) is 18.3 Å². The monoisotopic (exact) mass is 461 g/mol. The van der Waals surface area contributed by atoms with Gasteiger partial charge < -0.3 is 13.8 Å². The highest BCUT2D eigenvalue weighted by atomic mass is 32.2. The molecular weight excluding hydrogens is 433 g/mol. The van der Waals surface area contributed by atoms with Crippen molar-refractivity contribution in [2.45, 2.75) is 45.5 Å². The summed E-state index contributed by atoms with van der Waals surface area (Å²) in [6.07, 6.45) is 0.587. The topological polar surface area (TPSA) is 87.9 Å². The van der Waals surface area contributed by atoms with Gasteiger partial charge in [-0.1, -0.05) is 30.8 Å². The van der Waals surface area contributed by atoms with Crippen LogP contribution in [0.15, 0.2) is 33.8 Å². The molecule has 1 aromatic rings. The lowest BCUT2D eigenvalue weighted by Gasteiger charge is -2.35. The van der Waals surface area contributed by atoms with E-state index in [1.165, 1.54) is 12.1 Å². The van der Waals surface area contributed by atoms with E-state index >= 15 is 0 Å². The number of non-ortho nitro benzene ring substituents is 1. The zero-order valence-electron chi connectivity index (χ0n) is 17.2. The molecule has 0 amide bonds. The predicted octanol–water partition coefficient (Wildman–Crippen LogP) is 6.37. The molecule has 10 heteroatoms. The standard InChI is InChI=1S/C19H28NO6PS2/c1-5-24-17-13-16(14-9-11-15(12-10-14)20(21)22)18(19(29-17)28-8-4)27(23,25-6-2)26-7-3/h9-12,16-17H,5-8,13H2,1-4H3/t16-,17+/m1/s1. The highest BCUT2D eigenvalue weighted by Gasteiger charge is 2.43. The van der Waals surface area contributed by atoms with Gasteiger partial charge >= 0.3 is 7.60 Å². The average Bonchev–Trinajstić information content (AvgIpc) is 2.68. The van der Waals surface area contributed by atoms with Gasteiger partial charge in [-0.3, -0.25) is 14.7 Å². The first-order chi connectivity index (χ1) is 13.9. The van der Waals surface area contributed by atoms with Crippen molar-refractivity contribution in [2.75, 3.05) is 25.6 Å². The number of allylic oxidation sites excluding steroid dienone is 1. The minimum Gasteiger partial charge on any atom is -0.367 e. The van der Waals surface area contributed by atoms with Gasteiger partial charge in [-0.25, -0.2) is 0 Å². The van der Waals surface area contributed by atoms with Crippen molar-refractivity contribution in [3.63, 3.8) is 0 Å². The Bertz CT molecular complexity index is 760. The van der Waals surface area contributed by atoms with E-state index in [2.05, 4.69) is 0 Å². The maximum atomic E-state index is 13.8. The molecule has 0 aromatic heterocycles. The van der Waals surface area contributed by atoms with Gasteiger partial charge in [0, 0.05) is 24.7 Å². The van der Waals surface area contributed by atoms with Crippen LogP contribution >= 0.6 is 31.1 Å². The van der Waals surface area contributed by atoms with Gasteiger partial charge in [0.25, 0.3) is 5.69 Å². The van der Waals surface area contributed by atoms with Crippen LogP contribution in [-0.4, -0.2) is 35.9 Å². The second-order valence-electron chi connectivity index (χ2n) is 6.08. The van der Waals surface area contributed by atoms with Gasteiger partial charge in [-0.2, -0.15) is 0 Å². The molecule has 0 saturated carbocycles. The molecule has 29 heavy (non-hydrogen) atoms. The van der Waals surface area contributed by atoms with Crippen LogP contribution in [0.1, 0.15) is 45.6 Å². The first kappa shape index (κ1) is 24.4. The van der Waals surface area contributed by atoms with E-state index in [4.69, 9.17) is 13.8 Å². The Kier molecular flexibility index (Phi) is 9.72. The minimum absolute atomic E-state index is 0.0202. The van der Waals surface area contributed by atoms with Gasteiger partial charge in [-0.05, 0) is 38.5 Å².